The van der Waals surface area contributed by atoms with Gasteiger partial charge in [-0.15, -0.1) is 0 Å². The lowest BCUT2D eigenvalue weighted by molar-refractivity contribution is 0.0169. The third kappa shape index (κ3) is 6.28. The first-order valence-corrected chi connectivity index (χ1v) is 13.2. The number of alkyl carbamates (subject to hydrolysis) is 1. The number of ether oxygens (including phenoxy) is 1. The van der Waals surface area contributed by atoms with Crippen LogP contribution in [-0.2, 0) is 24.2 Å². The summed E-state index contributed by atoms with van der Waals surface area (Å²) < 4.78 is 49.7. The highest BCUT2D eigenvalue weighted by Crippen LogP contribution is 2.37. The monoisotopic (exact) mass is 541 g/mol. The van der Waals surface area contributed by atoms with Crippen LogP contribution in [0.5, 0.6) is 0 Å². The van der Waals surface area contributed by atoms with Crippen LogP contribution < -0.4 is 5.32 Å². The lowest BCUT2D eigenvalue weighted by atomic mass is 9.86. The van der Waals surface area contributed by atoms with Gasteiger partial charge in [0, 0.05) is 43.3 Å². The first-order valence-electron chi connectivity index (χ1n) is 13.2. The topological polar surface area (TPSA) is 73.5 Å². The summed E-state index contributed by atoms with van der Waals surface area (Å²) in [5, 5.41) is 10.1. The predicted molar refractivity (Wildman–Crippen MR) is 140 cm³/mol. The summed E-state index contributed by atoms with van der Waals surface area (Å²) in [4.78, 5) is 17.3. The zero-order valence-electron chi connectivity index (χ0n) is 22.4. The fraction of sp³-hybridized carbons (Fsp3) is 0.448. The molecule has 2 aromatic carbocycles. The summed E-state index contributed by atoms with van der Waals surface area (Å²) in [6.45, 7) is 7.58. The lowest BCUT2D eigenvalue weighted by Gasteiger charge is -2.47. The van der Waals surface area contributed by atoms with Gasteiger partial charge in [0.25, 0.3) is 0 Å². The molecule has 1 fully saturated rings. The number of hydrogen-bond acceptors (Lipinski definition) is 5. The molecule has 3 aromatic rings. The van der Waals surface area contributed by atoms with E-state index in [0.29, 0.717) is 44.6 Å². The summed E-state index contributed by atoms with van der Waals surface area (Å²) in [6.07, 6.45) is 2.05. The molecule has 2 N–H and O–H groups in total. The highest BCUT2D eigenvalue weighted by atomic mass is 19.1. The summed E-state index contributed by atoms with van der Waals surface area (Å²) in [5.74, 6) is -1.44. The first-order chi connectivity index (χ1) is 18.6. The van der Waals surface area contributed by atoms with Gasteiger partial charge in [-0.2, -0.15) is 5.10 Å². The number of H-pyrrole nitrogens is 1. The van der Waals surface area contributed by atoms with E-state index in [9.17, 15) is 13.6 Å². The Morgan fingerprint density at radius 2 is 1.92 bits per heavy atom. The molecule has 2 aliphatic heterocycles. The van der Waals surface area contributed by atoms with E-state index >= 15 is 4.39 Å². The van der Waals surface area contributed by atoms with Crippen molar-refractivity contribution in [2.75, 3.05) is 13.1 Å². The van der Waals surface area contributed by atoms with Gasteiger partial charge in [-0.05, 0) is 63.4 Å². The van der Waals surface area contributed by atoms with Crippen molar-refractivity contribution in [2.45, 2.75) is 70.4 Å². The Kier molecular flexibility index (Phi) is 7.68. The number of nitrogens with one attached hydrogen (secondary N) is 2. The SMILES string of the molecule is CC(C)(C)OC(=O)N[C@H]1C[C@@H](N2Cc3cn[nH]c3C2)CN(CCc2ccccc2F)C1c1cc(F)ccc1F. The summed E-state index contributed by atoms with van der Waals surface area (Å²) in [6, 6.07) is 8.64. The van der Waals surface area contributed by atoms with Crippen LogP contribution in [0, 0.1) is 17.5 Å². The maximum Gasteiger partial charge on any atom is 0.407 e. The van der Waals surface area contributed by atoms with Crippen molar-refractivity contribution in [1.82, 2.24) is 25.3 Å². The molecule has 3 atom stereocenters. The second kappa shape index (κ2) is 11.0. The largest absolute Gasteiger partial charge is 0.444 e. The second-order valence-corrected chi connectivity index (χ2v) is 11.4. The molecule has 0 saturated carbocycles. The van der Waals surface area contributed by atoms with Crippen molar-refractivity contribution >= 4 is 6.09 Å². The summed E-state index contributed by atoms with van der Waals surface area (Å²) >= 11 is 0. The van der Waals surface area contributed by atoms with Gasteiger partial charge in [0.15, 0.2) is 0 Å². The van der Waals surface area contributed by atoms with Crippen molar-refractivity contribution < 1.29 is 22.7 Å². The van der Waals surface area contributed by atoms with Gasteiger partial charge in [0.2, 0.25) is 0 Å². The molecule has 1 unspecified atom stereocenters. The number of halogens is 3. The molecular weight excluding hydrogens is 507 g/mol. The van der Waals surface area contributed by atoms with E-state index in [-0.39, 0.29) is 17.4 Å². The molecule has 0 bridgehead atoms. The maximum atomic E-state index is 15.3. The molecule has 1 amide bonds. The van der Waals surface area contributed by atoms with Gasteiger partial charge >= 0.3 is 6.09 Å². The van der Waals surface area contributed by atoms with Crippen LogP contribution in [-0.4, -0.2) is 56.9 Å². The molecule has 0 aliphatic carbocycles. The van der Waals surface area contributed by atoms with Crippen LogP contribution in [0.25, 0.3) is 0 Å². The molecule has 39 heavy (non-hydrogen) atoms. The Hall–Kier alpha value is -3.37. The fourth-order valence-corrected chi connectivity index (χ4v) is 5.69. The van der Waals surface area contributed by atoms with E-state index in [4.69, 9.17) is 4.74 Å². The predicted octanol–water partition coefficient (Wildman–Crippen LogP) is 5.09. The molecule has 208 valence electrons. The average molecular weight is 542 g/mol. The van der Waals surface area contributed by atoms with Gasteiger partial charge in [-0.25, -0.2) is 18.0 Å². The van der Waals surface area contributed by atoms with E-state index in [1.54, 1.807) is 39.0 Å². The minimum absolute atomic E-state index is 0.0146. The van der Waals surface area contributed by atoms with Crippen molar-refractivity contribution in [3.8, 4) is 0 Å². The number of aromatic amines is 1. The Bertz CT molecular complexity index is 1300. The highest BCUT2D eigenvalue weighted by molar-refractivity contribution is 5.68. The van der Waals surface area contributed by atoms with Crippen LogP contribution in [0.2, 0.25) is 0 Å². The molecule has 2 aliphatic rings. The zero-order chi connectivity index (χ0) is 27.7. The zero-order valence-corrected chi connectivity index (χ0v) is 22.4. The lowest BCUT2D eigenvalue weighted by Crippen LogP contribution is -2.58. The van der Waals surface area contributed by atoms with Crippen molar-refractivity contribution in [2.24, 2.45) is 0 Å². The van der Waals surface area contributed by atoms with Crippen LogP contribution >= 0.6 is 0 Å². The normalized spacial score (nSPS) is 22.1. The minimum atomic E-state index is -0.729. The summed E-state index contributed by atoms with van der Waals surface area (Å²) in [5.41, 5.74) is 2.12. The molecule has 1 aromatic heterocycles. The minimum Gasteiger partial charge on any atom is -0.444 e. The Morgan fingerprint density at radius 1 is 1.13 bits per heavy atom. The molecule has 1 saturated heterocycles. The van der Waals surface area contributed by atoms with Crippen LogP contribution in [0.1, 0.15) is 55.6 Å². The quantitative estimate of drug-likeness (QED) is 0.455. The Balaban J connectivity index is 1.48. The molecular formula is C29H34F3N5O2. The molecule has 7 nitrogen and oxygen atoms in total. The van der Waals surface area contributed by atoms with Gasteiger partial charge < -0.3 is 10.1 Å². The van der Waals surface area contributed by atoms with Gasteiger partial charge in [-0.3, -0.25) is 14.9 Å². The number of rotatable bonds is 6. The van der Waals surface area contributed by atoms with Crippen LogP contribution in [0.3, 0.4) is 0 Å². The van der Waals surface area contributed by atoms with Gasteiger partial charge in [0.1, 0.15) is 23.1 Å². The number of nitrogens with zero attached hydrogens (tertiary/aromatic N) is 3. The number of carbonyl (C=O) groups is 1. The number of fused-ring (bicyclic) bond motifs is 1. The number of amides is 1. The van der Waals surface area contributed by atoms with Gasteiger partial charge in [0.05, 0.1) is 24.0 Å². The number of benzene rings is 2. The molecule has 10 heteroatoms. The van der Waals surface area contributed by atoms with Crippen LogP contribution in [0.15, 0.2) is 48.7 Å². The van der Waals surface area contributed by atoms with Crippen molar-refractivity contribution in [3.63, 3.8) is 0 Å². The third-order valence-corrected chi connectivity index (χ3v) is 7.41. The molecule has 3 heterocycles. The summed E-state index contributed by atoms with van der Waals surface area (Å²) in [7, 11) is 0. The number of piperidine rings is 1. The highest BCUT2D eigenvalue weighted by Gasteiger charge is 2.42. The van der Waals surface area contributed by atoms with Crippen molar-refractivity contribution in [3.05, 3.63) is 88.5 Å². The number of hydrogen-bond donors (Lipinski definition) is 2. The van der Waals surface area contributed by atoms with Crippen molar-refractivity contribution in [1.29, 1.82) is 0 Å². The average Bonchev–Trinajstić information content (AvgIpc) is 3.47. The first kappa shape index (κ1) is 27.2. The van der Waals surface area contributed by atoms with Gasteiger partial charge in [-0.1, -0.05) is 18.2 Å². The molecule has 0 spiro atoms. The smallest absolute Gasteiger partial charge is 0.407 e. The van der Waals surface area contributed by atoms with E-state index in [0.717, 1.165) is 23.4 Å². The maximum absolute atomic E-state index is 15.3. The standard InChI is InChI=1S/C29H34F3N5O2/c1-29(2,3)39-28(38)34-25-13-21(37-15-19-14-33-35-26(19)17-37)16-36(11-10-18-6-4-5-7-23(18)31)27(25)22-12-20(30)8-9-24(22)32/h4-9,12,14,21,25,27H,10-11,13,15-17H2,1-3H3,(H,33,35)(H,34,38)/t21-,25+,27?/m1/s1. The number of likely N-dealkylation sites (tertiary alicyclic amines) is 1. The second-order valence-electron chi connectivity index (χ2n) is 11.4. The third-order valence-electron chi connectivity index (χ3n) is 7.41. The van der Waals surface area contributed by atoms with E-state index < -0.39 is 35.4 Å². The Morgan fingerprint density at radius 3 is 2.67 bits per heavy atom. The van der Waals surface area contributed by atoms with Crippen LogP contribution in [0.4, 0.5) is 18.0 Å². The number of aromatic nitrogens is 2. The molecule has 5 rings (SSSR count). The van der Waals surface area contributed by atoms with E-state index in [1.807, 2.05) is 11.1 Å². The Labute approximate surface area is 226 Å². The fourth-order valence-electron chi connectivity index (χ4n) is 5.69. The van der Waals surface area contributed by atoms with E-state index in [2.05, 4.69) is 20.4 Å². The van der Waals surface area contributed by atoms with E-state index in [1.165, 1.54) is 12.1 Å². The molecule has 0 radical (unpaired) electrons. The number of carbonyl (C=O) groups excluding carboxylic acids is 1.